The molecule has 0 bridgehead atoms. The maximum atomic E-state index is 12.9. The van der Waals surface area contributed by atoms with Crippen LogP contribution in [0.2, 0.25) is 0 Å². The summed E-state index contributed by atoms with van der Waals surface area (Å²) in [6.07, 6.45) is -0.0864. The molecular weight excluding hydrogens is 382 g/mol. The Bertz CT molecular complexity index is 1210. The van der Waals surface area contributed by atoms with Crippen molar-refractivity contribution in [3.05, 3.63) is 81.6 Å². The number of carbonyl (C=O) groups is 2. The van der Waals surface area contributed by atoms with Crippen molar-refractivity contribution < 1.29 is 14.7 Å². The smallest absolute Gasteiger partial charge is 0.303 e. The van der Waals surface area contributed by atoms with Crippen LogP contribution < -0.4 is 5.56 Å². The average Bonchev–Trinajstić information content (AvgIpc) is 3.17. The van der Waals surface area contributed by atoms with Crippen molar-refractivity contribution in [1.29, 1.82) is 0 Å². The Morgan fingerprint density at radius 3 is 2.63 bits per heavy atom. The second-order valence-corrected chi connectivity index (χ2v) is 7.41. The molecule has 1 aliphatic heterocycles. The number of hydrogen-bond donors (Lipinski definition) is 2. The van der Waals surface area contributed by atoms with E-state index in [2.05, 4.69) is 10.1 Å². The SMILES string of the molecule is Cc1ccc2cc(C3CC(c4ccccc4)=NN3C(=O)CCC(=O)O)c(=O)[nH]c2c1. The van der Waals surface area contributed by atoms with E-state index in [0.29, 0.717) is 17.7 Å². The molecule has 2 heterocycles. The normalized spacial score (nSPS) is 16.0. The number of pyridine rings is 1. The number of fused-ring (bicyclic) bond motifs is 1. The van der Waals surface area contributed by atoms with E-state index in [4.69, 9.17) is 5.11 Å². The number of hydrazone groups is 1. The van der Waals surface area contributed by atoms with Crippen molar-refractivity contribution >= 4 is 28.5 Å². The minimum Gasteiger partial charge on any atom is -0.481 e. The molecule has 0 saturated carbocycles. The van der Waals surface area contributed by atoms with Gasteiger partial charge < -0.3 is 10.1 Å². The number of aryl methyl sites for hydroxylation is 1. The molecule has 0 spiro atoms. The van der Waals surface area contributed by atoms with Crippen molar-refractivity contribution in [2.75, 3.05) is 0 Å². The number of aliphatic carboxylic acids is 1. The molecule has 3 aromatic rings. The molecule has 30 heavy (non-hydrogen) atoms. The van der Waals surface area contributed by atoms with Crippen molar-refractivity contribution in [3.63, 3.8) is 0 Å². The Balaban J connectivity index is 1.75. The van der Waals surface area contributed by atoms with Gasteiger partial charge in [0.15, 0.2) is 0 Å². The molecule has 4 rings (SSSR count). The van der Waals surface area contributed by atoms with Crippen molar-refractivity contribution in [3.8, 4) is 0 Å². The number of hydrogen-bond acceptors (Lipinski definition) is 4. The highest BCUT2D eigenvalue weighted by molar-refractivity contribution is 6.03. The quantitative estimate of drug-likeness (QED) is 0.682. The van der Waals surface area contributed by atoms with Crippen LogP contribution in [0, 0.1) is 6.92 Å². The van der Waals surface area contributed by atoms with Gasteiger partial charge in [-0.1, -0.05) is 42.5 Å². The molecule has 0 fully saturated rings. The third-order valence-corrected chi connectivity index (χ3v) is 5.21. The number of nitrogens with one attached hydrogen (secondary N) is 1. The molecule has 0 aliphatic carbocycles. The standard InChI is InChI=1S/C23H21N3O4/c1-14-7-8-16-12-17(23(30)24-18(16)11-14)20-13-19(15-5-3-2-4-6-15)25-26(20)21(27)9-10-22(28)29/h2-8,11-12,20H,9-10,13H2,1H3,(H,24,30)(H,28,29). The molecule has 1 atom stereocenters. The van der Waals surface area contributed by atoms with Crippen LogP contribution in [0.5, 0.6) is 0 Å². The van der Waals surface area contributed by atoms with Crippen molar-refractivity contribution in [2.24, 2.45) is 5.10 Å². The summed E-state index contributed by atoms with van der Waals surface area (Å²) in [5.41, 5.74) is 3.47. The minimum atomic E-state index is -1.05. The number of amides is 1. The lowest BCUT2D eigenvalue weighted by atomic mass is 9.98. The van der Waals surface area contributed by atoms with E-state index in [1.165, 1.54) is 5.01 Å². The highest BCUT2D eigenvalue weighted by Crippen LogP contribution is 2.32. The predicted molar refractivity (Wildman–Crippen MR) is 113 cm³/mol. The molecule has 0 radical (unpaired) electrons. The Morgan fingerprint density at radius 1 is 1.13 bits per heavy atom. The monoisotopic (exact) mass is 403 g/mol. The topological polar surface area (TPSA) is 103 Å². The summed E-state index contributed by atoms with van der Waals surface area (Å²) in [5, 5.41) is 15.6. The van der Waals surface area contributed by atoms with E-state index in [0.717, 1.165) is 22.0 Å². The highest BCUT2D eigenvalue weighted by Gasteiger charge is 2.34. The second-order valence-electron chi connectivity index (χ2n) is 7.41. The van der Waals surface area contributed by atoms with Gasteiger partial charge in [-0.25, -0.2) is 5.01 Å². The zero-order chi connectivity index (χ0) is 21.3. The molecule has 7 nitrogen and oxygen atoms in total. The zero-order valence-corrected chi connectivity index (χ0v) is 16.5. The number of carbonyl (C=O) groups excluding carboxylic acids is 1. The number of aromatic nitrogens is 1. The Labute approximate surface area is 172 Å². The average molecular weight is 403 g/mol. The molecule has 2 aromatic carbocycles. The number of rotatable bonds is 5. The van der Waals surface area contributed by atoms with E-state index in [1.807, 2.05) is 55.5 Å². The summed E-state index contributed by atoms with van der Waals surface area (Å²) in [5.74, 6) is -1.47. The van der Waals surface area contributed by atoms with E-state index < -0.39 is 17.9 Å². The van der Waals surface area contributed by atoms with Gasteiger partial charge in [0.2, 0.25) is 5.91 Å². The number of aromatic amines is 1. The Morgan fingerprint density at radius 2 is 1.90 bits per heavy atom. The number of nitrogens with zero attached hydrogens (tertiary/aromatic N) is 2. The predicted octanol–water partition coefficient (Wildman–Crippen LogP) is 3.38. The molecule has 7 heteroatoms. The molecular formula is C23H21N3O4. The summed E-state index contributed by atoms with van der Waals surface area (Å²) in [7, 11) is 0. The highest BCUT2D eigenvalue weighted by atomic mass is 16.4. The third kappa shape index (κ3) is 3.87. The van der Waals surface area contributed by atoms with Gasteiger partial charge in [0.1, 0.15) is 0 Å². The van der Waals surface area contributed by atoms with Gasteiger partial charge in [-0.15, -0.1) is 0 Å². The minimum absolute atomic E-state index is 0.178. The molecule has 2 N–H and O–H groups in total. The lowest BCUT2D eigenvalue weighted by Crippen LogP contribution is -2.31. The number of carboxylic acid groups (broad SMARTS) is 1. The first-order chi connectivity index (χ1) is 14.4. The van der Waals surface area contributed by atoms with Crippen LogP contribution in [0.15, 0.2) is 64.5 Å². The summed E-state index contributed by atoms with van der Waals surface area (Å²) in [6, 6.07) is 16.4. The number of H-pyrrole nitrogens is 1. The van der Waals surface area contributed by atoms with Crippen LogP contribution in [-0.4, -0.2) is 32.7 Å². The van der Waals surface area contributed by atoms with Gasteiger partial charge in [-0.2, -0.15) is 5.10 Å². The Hall–Kier alpha value is -3.74. The van der Waals surface area contributed by atoms with E-state index in [1.54, 1.807) is 6.07 Å². The lowest BCUT2D eigenvalue weighted by Gasteiger charge is -2.21. The van der Waals surface area contributed by atoms with Gasteiger partial charge in [-0.3, -0.25) is 14.4 Å². The Kier molecular flexibility index (Phi) is 5.18. The van der Waals surface area contributed by atoms with E-state index in [9.17, 15) is 14.4 Å². The number of carboxylic acids is 1. The molecule has 1 aliphatic rings. The van der Waals surface area contributed by atoms with Gasteiger partial charge >= 0.3 is 5.97 Å². The summed E-state index contributed by atoms with van der Waals surface area (Å²) >= 11 is 0. The summed E-state index contributed by atoms with van der Waals surface area (Å²) < 4.78 is 0. The maximum absolute atomic E-state index is 12.9. The fourth-order valence-corrected chi connectivity index (χ4v) is 3.70. The van der Waals surface area contributed by atoms with E-state index >= 15 is 0 Å². The first kappa shape index (κ1) is 19.6. The fourth-order valence-electron chi connectivity index (χ4n) is 3.70. The van der Waals surface area contributed by atoms with Crippen LogP contribution in [0.1, 0.15) is 42.0 Å². The van der Waals surface area contributed by atoms with Crippen LogP contribution in [-0.2, 0) is 9.59 Å². The first-order valence-corrected chi connectivity index (χ1v) is 9.73. The zero-order valence-electron chi connectivity index (χ0n) is 16.5. The second kappa shape index (κ2) is 7.94. The van der Waals surface area contributed by atoms with Crippen molar-refractivity contribution in [1.82, 2.24) is 9.99 Å². The number of benzene rings is 2. The van der Waals surface area contributed by atoms with E-state index in [-0.39, 0.29) is 18.4 Å². The van der Waals surface area contributed by atoms with Crippen LogP contribution >= 0.6 is 0 Å². The summed E-state index contributed by atoms with van der Waals surface area (Å²) in [4.78, 5) is 39.5. The van der Waals surface area contributed by atoms with Crippen molar-refractivity contribution in [2.45, 2.75) is 32.2 Å². The van der Waals surface area contributed by atoms with Gasteiger partial charge in [0, 0.05) is 23.9 Å². The molecule has 1 aromatic heterocycles. The largest absolute Gasteiger partial charge is 0.481 e. The van der Waals surface area contributed by atoms with Crippen LogP contribution in [0.4, 0.5) is 0 Å². The molecule has 1 amide bonds. The third-order valence-electron chi connectivity index (χ3n) is 5.21. The molecule has 1 unspecified atom stereocenters. The van der Waals surface area contributed by atoms with Crippen LogP contribution in [0.25, 0.3) is 10.9 Å². The first-order valence-electron chi connectivity index (χ1n) is 9.73. The fraction of sp³-hybridized carbons (Fsp3) is 0.217. The molecule has 0 saturated heterocycles. The summed E-state index contributed by atoms with van der Waals surface area (Å²) in [6.45, 7) is 1.95. The molecule has 152 valence electrons. The van der Waals surface area contributed by atoms with Crippen LogP contribution in [0.3, 0.4) is 0 Å². The van der Waals surface area contributed by atoms with Gasteiger partial charge in [0.25, 0.3) is 5.56 Å². The van der Waals surface area contributed by atoms with Gasteiger partial charge in [0.05, 0.1) is 18.2 Å². The van der Waals surface area contributed by atoms with Gasteiger partial charge in [-0.05, 0) is 35.6 Å². The maximum Gasteiger partial charge on any atom is 0.303 e. The lowest BCUT2D eigenvalue weighted by molar-refractivity contribution is -0.141.